The van der Waals surface area contributed by atoms with Crippen LogP contribution in [0, 0.1) is 0 Å². The molecule has 0 aromatic heterocycles. The van der Waals surface area contributed by atoms with E-state index in [1.165, 1.54) is 0 Å². The van der Waals surface area contributed by atoms with Crippen molar-refractivity contribution >= 4 is 12.2 Å². The second-order valence-corrected chi connectivity index (χ2v) is 6.05. The van der Waals surface area contributed by atoms with Crippen molar-refractivity contribution in [1.29, 1.82) is 0 Å². The molecule has 2 saturated heterocycles. The summed E-state index contributed by atoms with van der Waals surface area (Å²) >= 11 is 0. The Hall–Kier alpha value is -1.35. The van der Waals surface area contributed by atoms with E-state index >= 15 is 0 Å². The van der Waals surface area contributed by atoms with E-state index in [0.29, 0.717) is 0 Å². The Morgan fingerprint density at radius 3 is 2.56 bits per heavy atom. The Labute approximate surface area is 107 Å². The van der Waals surface area contributed by atoms with E-state index in [-0.39, 0.29) is 24.2 Å². The number of carbonyl (C=O) groups is 1. The predicted molar refractivity (Wildman–Crippen MR) is 66.0 cm³/mol. The van der Waals surface area contributed by atoms with Gasteiger partial charge in [0.05, 0.1) is 12.1 Å². The fraction of sp³-hybridized carbons (Fsp3) is 0.846. The van der Waals surface area contributed by atoms with Crippen molar-refractivity contribution in [1.82, 2.24) is 4.90 Å². The standard InChI is InChI=1S/C13H20N2O3/c1-13(2,3)18-12(17)15-9-4-6-10(14-8-16)11(15)7-5-9/h9-11H,4-7H2,1-3H3/t9-,10?,11-/m1/s1. The molecule has 0 N–H and O–H groups in total. The highest BCUT2D eigenvalue weighted by Gasteiger charge is 2.46. The van der Waals surface area contributed by atoms with E-state index in [1.807, 2.05) is 20.8 Å². The predicted octanol–water partition coefficient (Wildman–Crippen LogP) is 2.25. The van der Waals surface area contributed by atoms with Gasteiger partial charge in [-0.25, -0.2) is 14.6 Å². The number of hydrogen-bond donors (Lipinski definition) is 0. The zero-order chi connectivity index (χ0) is 13.3. The normalized spacial score (nSPS) is 30.8. The number of piperidine rings is 1. The van der Waals surface area contributed by atoms with Crippen LogP contribution in [0.5, 0.6) is 0 Å². The van der Waals surface area contributed by atoms with Crippen molar-refractivity contribution < 1.29 is 14.3 Å². The summed E-state index contributed by atoms with van der Waals surface area (Å²) in [4.78, 5) is 28.2. The summed E-state index contributed by atoms with van der Waals surface area (Å²) in [6.45, 7) is 5.58. The van der Waals surface area contributed by atoms with E-state index in [4.69, 9.17) is 4.74 Å². The van der Waals surface area contributed by atoms with Gasteiger partial charge in [0.25, 0.3) is 0 Å². The van der Waals surface area contributed by atoms with E-state index in [2.05, 4.69) is 4.99 Å². The van der Waals surface area contributed by atoms with Gasteiger partial charge in [-0.05, 0) is 46.5 Å². The first-order valence-corrected chi connectivity index (χ1v) is 6.50. The lowest BCUT2D eigenvalue weighted by atomic mass is 9.98. The lowest BCUT2D eigenvalue weighted by Gasteiger charge is -2.38. The number of amides is 1. The quantitative estimate of drug-likeness (QED) is 0.531. The average molecular weight is 252 g/mol. The molecular weight excluding hydrogens is 232 g/mol. The summed E-state index contributed by atoms with van der Waals surface area (Å²) < 4.78 is 5.43. The third-order valence-corrected chi connectivity index (χ3v) is 3.61. The molecule has 0 aromatic carbocycles. The highest BCUT2D eigenvalue weighted by Crippen LogP contribution is 2.37. The molecule has 2 aliphatic rings. The van der Waals surface area contributed by atoms with E-state index in [0.717, 1.165) is 25.7 Å². The van der Waals surface area contributed by atoms with Gasteiger partial charge in [0, 0.05) is 6.04 Å². The molecule has 0 spiro atoms. The molecule has 100 valence electrons. The minimum Gasteiger partial charge on any atom is -0.444 e. The third kappa shape index (κ3) is 2.56. The topological polar surface area (TPSA) is 59.0 Å². The minimum atomic E-state index is -0.489. The van der Waals surface area contributed by atoms with Gasteiger partial charge < -0.3 is 9.64 Å². The summed E-state index contributed by atoms with van der Waals surface area (Å²) in [7, 11) is 0. The maximum Gasteiger partial charge on any atom is 0.410 e. The maximum atomic E-state index is 12.2. The third-order valence-electron chi connectivity index (χ3n) is 3.61. The Bertz CT molecular complexity index is 382. The van der Waals surface area contributed by atoms with Crippen LogP contribution in [0.4, 0.5) is 4.79 Å². The van der Waals surface area contributed by atoms with Gasteiger partial charge in [0.15, 0.2) is 0 Å². The zero-order valence-electron chi connectivity index (χ0n) is 11.2. The minimum absolute atomic E-state index is 0.0139. The first kappa shape index (κ1) is 13.1. The van der Waals surface area contributed by atoms with Crippen molar-refractivity contribution in [3.05, 3.63) is 0 Å². The number of rotatable bonds is 1. The summed E-state index contributed by atoms with van der Waals surface area (Å²) in [6.07, 6.45) is 4.99. The number of isocyanates is 1. The molecule has 2 rings (SSSR count). The molecule has 2 bridgehead atoms. The number of nitrogens with zero attached hydrogens (tertiary/aromatic N) is 2. The highest BCUT2D eigenvalue weighted by atomic mass is 16.6. The number of fused-ring (bicyclic) bond motifs is 2. The van der Waals surface area contributed by atoms with Crippen molar-refractivity contribution in [2.24, 2.45) is 4.99 Å². The van der Waals surface area contributed by atoms with Crippen LogP contribution in [0.2, 0.25) is 0 Å². The van der Waals surface area contributed by atoms with Gasteiger partial charge in [-0.2, -0.15) is 0 Å². The van der Waals surface area contributed by atoms with E-state index in [9.17, 15) is 9.59 Å². The second kappa shape index (κ2) is 4.73. The maximum absolute atomic E-state index is 12.2. The van der Waals surface area contributed by atoms with E-state index < -0.39 is 5.60 Å². The van der Waals surface area contributed by atoms with Crippen LogP contribution in [0.3, 0.4) is 0 Å². The molecular formula is C13H20N2O3. The van der Waals surface area contributed by atoms with Crippen molar-refractivity contribution in [3.63, 3.8) is 0 Å². The lowest BCUT2D eigenvalue weighted by Crippen LogP contribution is -2.51. The second-order valence-electron chi connectivity index (χ2n) is 6.05. The summed E-state index contributed by atoms with van der Waals surface area (Å²) in [6, 6.07) is 0.164. The molecule has 5 nitrogen and oxygen atoms in total. The Kier molecular flexibility index (Phi) is 3.44. The molecule has 1 amide bonds. The van der Waals surface area contributed by atoms with Crippen LogP contribution in [-0.2, 0) is 9.53 Å². The Morgan fingerprint density at radius 1 is 1.28 bits per heavy atom. The molecule has 2 heterocycles. The van der Waals surface area contributed by atoms with Gasteiger partial charge in [0.1, 0.15) is 5.60 Å². The Morgan fingerprint density at radius 2 is 1.94 bits per heavy atom. The summed E-state index contributed by atoms with van der Waals surface area (Å²) in [5, 5.41) is 0. The largest absolute Gasteiger partial charge is 0.444 e. The number of aliphatic imine (C=N–C) groups is 1. The lowest BCUT2D eigenvalue weighted by molar-refractivity contribution is 0.00519. The number of carbonyl (C=O) groups excluding carboxylic acids is 2. The molecule has 0 aromatic rings. The number of hydrogen-bond acceptors (Lipinski definition) is 4. The summed E-state index contributed by atoms with van der Waals surface area (Å²) in [5.41, 5.74) is -0.489. The van der Waals surface area contributed by atoms with Gasteiger partial charge in [-0.3, -0.25) is 0 Å². The smallest absolute Gasteiger partial charge is 0.410 e. The molecule has 5 heteroatoms. The summed E-state index contributed by atoms with van der Waals surface area (Å²) in [5.74, 6) is 0. The van der Waals surface area contributed by atoms with Crippen LogP contribution < -0.4 is 0 Å². The average Bonchev–Trinajstić information content (AvgIpc) is 2.56. The molecule has 0 radical (unpaired) electrons. The first-order chi connectivity index (χ1) is 8.42. The molecule has 0 saturated carbocycles. The zero-order valence-corrected chi connectivity index (χ0v) is 11.2. The number of ether oxygens (including phenoxy) is 1. The van der Waals surface area contributed by atoms with E-state index in [1.54, 1.807) is 11.0 Å². The van der Waals surface area contributed by atoms with Crippen molar-refractivity contribution in [3.8, 4) is 0 Å². The molecule has 18 heavy (non-hydrogen) atoms. The van der Waals surface area contributed by atoms with Crippen LogP contribution >= 0.6 is 0 Å². The van der Waals surface area contributed by atoms with Crippen LogP contribution in [0.25, 0.3) is 0 Å². The highest BCUT2D eigenvalue weighted by molar-refractivity contribution is 5.70. The van der Waals surface area contributed by atoms with Gasteiger partial charge >= 0.3 is 6.09 Å². The van der Waals surface area contributed by atoms with Crippen LogP contribution in [0.15, 0.2) is 4.99 Å². The molecule has 2 fully saturated rings. The van der Waals surface area contributed by atoms with Crippen molar-refractivity contribution in [2.45, 2.75) is 70.2 Å². The molecule has 0 aliphatic carbocycles. The molecule has 2 aliphatic heterocycles. The van der Waals surface area contributed by atoms with Gasteiger partial charge in [0.2, 0.25) is 6.08 Å². The SMILES string of the molecule is CC(C)(C)OC(=O)N1[C@@H]2CCC(N=C=O)[C@H]1CC2. The monoisotopic (exact) mass is 252 g/mol. The van der Waals surface area contributed by atoms with Crippen LogP contribution in [0.1, 0.15) is 46.5 Å². The van der Waals surface area contributed by atoms with Gasteiger partial charge in [-0.15, -0.1) is 0 Å². The molecule has 3 atom stereocenters. The fourth-order valence-electron chi connectivity index (χ4n) is 2.95. The first-order valence-electron chi connectivity index (χ1n) is 6.50. The molecule has 1 unspecified atom stereocenters. The Balaban J connectivity index is 2.12. The van der Waals surface area contributed by atoms with Gasteiger partial charge in [-0.1, -0.05) is 0 Å². The van der Waals surface area contributed by atoms with Crippen molar-refractivity contribution in [2.75, 3.05) is 0 Å². The van der Waals surface area contributed by atoms with Crippen LogP contribution in [-0.4, -0.2) is 40.8 Å². The fourth-order valence-corrected chi connectivity index (χ4v) is 2.95.